The molecule has 0 saturated carbocycles. The summed E-state index contributed by atoms with van der Waals surface area (Å²) in [6.07, 6.45) is 1.83. The number of carboxylic acids is 1. The lowest BCUT2D eigenvalue weighted by Crippen LogP contribution is -2.06. The third kappa shape index (κ3) is 3.51. The first-order chi connectivity index (χ1) is 7.65. The highest BCUT2D eigenvalue weighted by Crippen LogP contribution is 2.18. The molecule has 0 radical (unpaired) electrons. The van der Waals surface area contributed by atoms with Crippen molar-refractivity contribution in [2.24, 2.45) is 0 Å². The van der Waals surface area contributed by atoms with Gasteiger partial charge in [-0.25, -0.2) is 4.79 Å². The summed E-state index contributed by atoms with van der Waals surface area (Å²) >= 11 is 1.36. The number of aromatic carboxylic acids is 1. The third-order valence-corrected chi connectivity index (χ3v) is 2.35. The molecule has 0 unspecified atom stereocenters. The first-order valence-corrected chi connectivity index (χ1v) is 5.68. The van der Waals surface area contributed by atoms with E-state index in [1.807, 2.05) is 6.26 Å². The van der Waals surface area contributed by atoms with Gasteiger partial charge in [0.15, 0.2) is 0 Å². The average Bonchev–Trinajstić information content (AvgIpc) is 2.29. The van der Waals surface area contributed by atoms with Crippen LogP contribution in [0.3, 0.4) is 0 Å². The minimum atomic E-state index is -1.03. The van der Waals surface area contributed by atoms with E-state index in [0.717, 1.165) is 0 Å². The van der Waals surface area contributed by atoms with Crippen LogP contribution in [0.1, 0.15) is 10.4 Å². The second kappa shape index (κ2) is 6.07. The number of para-hydroxylation sites is 1. The molecule has 0 bridgehead atoms. The van der Waals surface area contributed by atoms with Crippen molar-refractivity contribution in [1.29, 1.82) is 0 Å². The van der Waals surface area contributed by atoms with Gasteiger partial charge in [-0.15, -0.1) is 0 Å². The summed E-state index contributed by atoms with van der Waals surface area (Å²) in [5.74, 6) is -0.747. The number of thioether (sulfide) groups is 1. The molecule has 1 N–H and O–H groups in total. The minimum Gasteiger partial charge on any atom is -0.478 e. The highest BCUT2D eigenvalue weighted by molar-refractivity contribution is 8.02. The van der Waals surface area contributed by atoms with Crippen LogP contribution in [0.5, 0.6) is 5.75 Å². The Morgan fingerprint density at radius 3 is 2.81 bits per heavy atom. The Kier molecular flexibility index (Phi) is 4.72. The molecular formula is C11H12O4S. The maximum atomic E-state index is 10.8. The van der Waals surface area contributed by atoms with Gasteiger partial charge in [-0.05, 0) is 25.0 Å². The van der Waals surface area contributed by atoms with Crippen LogP contribution in [-0.2, 0) is 4.74 Å². The quantitative estimate of drug-likeness (QED) is 0.611. The van der Waals surface area contributed by atoms with Gasteiger partial charge >= 0.3 is 5.97 Å². The smallest absolute Gasteiger partial charge is 0.339 e. The predicted molar refractivity (Wildman–Crippen MR) is 62.6 cm³/mol. The molecule has 4 nitrogen and oxygen atoms in total. The number of carbonyl (C=O) groups is 1. The fraction of sp³-hybridized carbons (Fsp3) is 0.182. The molecule has 0 amide bonds. The van der Waals surface area contributed by atoms with E-state index in [4.69, 9.17) is 14.6 Å². The largest absolute Gasteiger partial charge is 0.478 e. The van der Waals surface area contributed by atoms with Gasteiger partial charge in [-0.2, -0.15) is 0 Å². The summed E-state index contributed by atoms with van der Waals surface area (Å²) in [6.45, 7) is 3.55. The van der Waals surface area contributed by atoms with Crippen LogP contribution in [0, 0.1) is 0 Å². The van der Waals surface area contributed by atoms with Crippen molar-refractivity contribution in [3.63, 3.8) is 0 Å². The summed E-state index contributed by atoms with van der Waals surface area (Å²) in [4.78, 5) is 10.8. The average molecular weight is 240 g/mol. The van der Waals surface area contributed by atoms with Gasteiger partial charge in [-0.3, -0.25) is 0 Å². The summed E-state index contributed by atoms with van der Waals surface area (Å²) in [5.41, 5.74) is 0.112. The SMILES string of the molecule is C=C(OCOc1ccccc1C(=O)O)SC. The van der Waals surface area contributed by atoms with Crippen LogP contribution in [0.4, 0.5) is 0 Å². The molecule has 0 saturated heterocycles. The van der Waals surface area contributed by atoms with Gasteiger partial charge in [0.05, 0.1) is 0 Å². The Labute approximate surface area is 97.9 Å². The van der Waals surface area contributed by atoms with Crippen molar-refractivity contribution in [3.05, 3.63) is 41.5 Å². The lowest BCUT2D eigenvalue weighted by molar-refractivity contribution is 0.0640. The Balaban J connectivity index is 2.60. The lowest BCUT2D eigenvalue weighted by Gasteiger charge is -2.10. The zero-order chi connectivity index (χ0) is 12.0. The van der Waals surface area contributed by atoms with Crippen molar-refractivity contribution in [1.82, 2.24) is 0 Å². The zero-order valence-electron chi connectivity index (χ0n) is 8.80. The Hall–Kier alpha value is -1.62. The van der Waals surface area contributed by atoms with Crippen molar-refractivity contribution in [2.75, 3.05) is 13.0 Å². The highest BCUT2D eigenvalue weighted by atomic mass is 32.2. The van der Waals surface area contributed by atoms with Gasteiger partial charge in [0.1, 0.15) is 16.4 Å². The van der Waals surface area contributed by atoms with Crippen LogP contribution >= 0.6 is 11.8 Å². The van der Waals surface area contributed by atoms with E-state index < -0.39 is 5.97 Å². The highest BCUT2D eigenvalue weighted by Gasteiger charge is 2.09. The van der Waals surface area contributed by atoms with Crippen LogP contribution in [0.25, 0.3) is 0 Å². The third-order valence-electron chi connectivity index (χ3n) is 1.78. The van der Waals surface area contributed by atoms with Gasteiger partial charge in [0.25, 0.3) is 0 Å². The number of rotatable bonds is 6. The van der Waals surface area contributed by atoms with Crippen molar-refractivity contribution in [3.8, 4) is 5.75 Å². The molecule has 0 heterocycles. The van der Waals surface area contributed by atoms with Crippen LogP contribution < -0.4 is 4.74 Å². The molecule has 0 atom stereocenters. The molecule has 1 aromatic rings. The number of ether oxygens (including phenoxy) is 2. The summed E-state index contributed by atoms with van der Waals surface area (Å²) in [5, 5.41) is 9.40. The van der Waals surface area contributed by atoms with Gasteiger partial charge in [0.2, 0.25) is 6.79 Å². The van der Waals surface area contributed by atoms with E-state index >= 15 is 0 Å². The van der Waals surface area contributed by atoms with Gasteiger partial charge in [0, 0.05) is 0 Å². The van der Waals surface area contributed by atoms with E-state index in [1.165, 1.54) is 17.8 Å². The summed E-state index contributed by atoms with van der Waals surface area (Å²) in [7, 11) is 0. The molecule has 0 aliphatic rings. The molecule has 0 spiro atoms. The molecule has 0 fully saturated rings. The molecule has 0 aromatic heterocycles. The van der Waals surface area contributed by atoms with E-state index in [0.29, 0.717) is 5.09 Å². The minimum absolute atomic E-state index is 0.0516. The van der Waals surface area contributed by atoms with E-state index in [9.17, 15) is 4.79 Å². The normalized spacial score (nSPS) is 9.56. The Bertz CT molecular complexity index is 389. The van der Waals surface area contributed by atoms with E-state index in [1.54, 1.807) is 18.2 Å². The van der Waals surface area contributed by atoms with Gasteiger partial charge < -0.3 is 14.6 Å². The molecule has 5 heteroatoms. The van der Waals surface area contributed by atoms with E-state index in [-0.39, 0.29) is 18.1 Å². The Morgan fingerprint density at radius 2 is 2.19 bits per heavy atom. The monoisotopic (exact) mass is 240 g/mol. The Morgan fingerprint density at radius 1 is 1.50 bits per heavy atom. The van der Waals surface area contributed by atoms with Gasteiger partial charge in [-0.1, -0.05) is 23.9 Å². The molecule has 86 valence electrons. The maximum Gasteiger partial charge on any atom is 0.339 e. The van der Waals surface area contributed by atoms with Crippen molar-refractivity contribution in [2.45, 2.75) is 0 Å². The second-order valence-corrected chi connectivity index (χ2v) is 3.65. The topological polar surface area (TPSA) is 55.8 Å². The van der Waals surface area contributed by atoms with Crippen LogP contribution in [0.2, 0.25) is 0 Å². The summed E-state index contributed by atoms with van der Waals surface area (Å²) < 4.78 is 10.3. The maximum absolute atomic E-state index is 10.8. The molecular weight excluding hydrogens is 228 g/mol. The van der Waals surface area contributed by atoms with Crippen LogP contribution in [-0.4, -0.2) is 24.1 Å². The number of benzene rings is 1. The number of carboxylic acid groups (broad SMARTS) is 1. The molecule has 16 heavy (non-hydrogen) atoms. The van der Waals surface area contributed by atoms with Crippen LogP contribution in [0.15, 0.2) is 35.9 Å². The zero-order valence-corrected chi connectivity index (χ0v) is 9.62. The molecule has 1 aromatic carbocycles. The standard InChI is InChI=1S/C11H12O4S/c1-8(16-2)14-7-15-10-6-4-3-5-9(10)11(12)13/h3-6H,1,7H2,2H3,(H,12,13). The second-order valence-electron chi connectivity index (χ2n) is 2.78. The molecule has 0 aliphatic carbocycles. The predicted octanol–water partition coefficient (Wildman–Crippen LogP) is 2.57. The number of hydrogen-bond donors (Lipinski definition) is 1. The van der Waals surface area contributed by atoms with E-state index in [2.05, 4.69) is 6.58 Å². The molecule has 0 aliphatic heterocycles. The number of hydrogen-bond acceptors (Lipinski definition) is 4. The first-order valence-electron chi connectivity index (χ1n) is 4.46. The van der Waals surface area contributed by atoms with Crippen molar-refractivity contribution < 1.29 is 19.4 Å². The fourth-order valence-corrected chi connectivity index (χ4v) is 1.15. The summed E-state index contributed by atoms with van der Waals surface area (Å²) in [6, 6.07) is 6.39. The fourth-order valence-electron chi connectivity index (χ4n) is 0.987. The first kappa shape index (κ1) is 12.4. The molecule has 1 rings (SSSR count). The lowest BCUT2D eigenvalue weighted by atomic mass is 10.2. The van der Waals surface area contributed by atoms with Crippen molar-refractivity contribution >= 4 is 17.7 Å².